The third kappa shape index (κ3) is 4.88. The lowest BCUT2D eigenvalue weighted by atomic mass is 10.1. The van der Waals surface area contributed by atoms with Gasteiger partial charge in [-0.15, -0.1) is 0 Å². The number of hydrogen-bond donors (Lipinski definition) is 1. The number of aliphatic hydroxyl groups excluding tert-OH is 1. The van der Waals surface area contributed by atoms with Crippen LogP contribution in [0.5, 0.6) is 0 Å². The molecule has 0 aliphatic carbocycles. The van der Waals surface area contributed by atoms with Crippen molar-refractivity contribution < 1.29 is 5.11 Å². The zero-order chi connectivity index (χ0) is 12.5. The van der Waals surface area contributed by atoms with E-state index in [1.807, 2.05) is 0 Å². The third-order valence-electron chi connectivity index (χ3n) is 3.38. The quantitative estimate of drug-likeness (QED) is 0.749. The summed E-state index contributed by atoms with van der Waals surface area (Å²) in [4.78, 5) is 2.41. The van der Waals surface area contributed by atoms with Crippen molar-refractivity contribution in [3.05, 3.63) is 35.9 Å². The molecule has 1 aromatic rings. The zero-order valence-electron chi connectivity index (χ0n) is 11.1. The summed E-state index contributed by atoms with van der Waals surface area (Å²) in [5.74, 6) is 0. The highest BCUT2D eigenvalue weighted by Gasteiger charge is 2.13. The molecule has 17 heavy (non-hydrogen) atoms. The second kappa shape index (κ2) is 8.26. The van der Waals surface area contributed by atoms with E-state index in [4.69, 9.17) is 5.11 Å². The van der Waals surface area contributed by atoms with Crippen LogP contribution in [0.2, 0.25) is 0 Å². The predicted octanol–water partition coefficient (Wildman–Crippen LogP) is 2.71. The highest BCUT2D eigenvalue weighted by atomic mass is 16.3. The van der Waals surface area contributed by atoms with E-state index in [0.717, 1.165) is 32.4 Å². The van der Waals surface area contributed by atoms with Gasteiger partial charge in [0.15, 0.2) is 0 Å². The van der Waals surface area contributed by atoms with Gasteiger partial charge < -0.3 is 5.11 Å². The summed E-state index contributed by atoms with van der Waals surface area (Å²) in [6, 6.07) is 11.2. The smallest absolute Gasteiger partial charge is 0.0558 e. The van der Waals surface area contributed by atoms with Gasteiger partial charge in [-0.3, -0.25) is 4.90 Å². The van der Waals surface area contributed by atoms with Crippen LogP contribution in [0, 0.1) is 0 Å². The second-order valence-corrected chi connectivity index (χ2v) is 4.47. The van der Waals surface area contributed by atoms with Gasteiger partial charge in [0.05, 0.1) is 6.61 Å². The summed E-state index contributed by atoms with van der Waals surface area (Å²) >= 11 is 0. The van der Waals surface area contributed by atoms with Crippen molar-refractivity contribution in [3.63, 3.8) is 0 Å². The predicted molar refractivity (Wildman–Crippen MR) is 73.2 cm³/mol. The van der Waals surface area contributed by atoms with Gasteiger partial charge in [0.1, 0.15) is 0 Å². The molecule has 2 heteroatoms. The first-order valence-corrected chi connectivity index (χ1v) is 6.70. The topological polar surface area (TPSA) is 23.5 Å². The summed E-state index contributed by atoms with van der Waals surface area (Å²) in [5, 5.41) is 9.13. The zero-order valence-corrected chi connectivity index (χ0v) is 11.1. The minimum atomic E-state index is 0.255. The molecule has 0 fully saturated rings. The molecule has 0 amide bonds. The summed E-state index contributed by atoms with van der Waals surface area (Å²) in [6.45, 7) is 6.53. The molecule has 0 unspecified atom stereocenters. The number of nitrogens with zero attached hydrogens (tertiary/aromatic N) is 1. The molecule has 0 aliphatic rings. The van der Waals surface area contributed by atoms with Crippen molar-refractivity contribution in [1.82, 2.24) is 4.90 Å². The van der Waals surface area contributed by atoms with Crippen molar-refractivity contribution >= 4 is 0 Å². The Labute approximate surface area is 105 Å². The molecule has 0 radical (unpaired) electrons. The van der Waals surface area contributed by atoms with Gasteiger partial charge in [-0.1, -0.05) is 44.2 Å². The first-order valence-electron chi connectivity index (χ1n) is 6.70. The SMILES string of the molecule is CCC(CC)N(CCO)CCc1ccccc1. The van der Waals surface area contributed by atoms with Crippen molar-refractivity contribution in [2.24, 2.45) is 0 Å². The Balaban J connectivity index is 2.49. The number of hydrogen-bond acceptors (Lipinski definition) is 2. The van der Waals surface area contributed by atoms with Gasteiger partial charge in [0.25, 0.3) is 0 Å². The normalized spacial score (nSPS) is 11.4. The average molecular weight is 235 g/mol. The molecule has 96 valence electrons. The van der Waals surface area contributed by atoms with Crippen molar-refractivity contribution in [3.8, 4) is 0 Å². The Bertz CT molecular complexity index is 282. The van der Waals surface area contributed by atoms with Gasteiger partial charge in [-0.2, -0.15) is 0 Å². The summed E-state index contributed by atoms with van der Waals surface area (Å²) in [7, 11) is 0. The molecule has 1 N–H and O–H groups in total. The molecule has 2 nitrogen and oxygen atoms in total. The fraction of sp³-hybridized carbons (Fsp3) is 0.600. The molecule has 1 aromatic carbocycles. The van der Waals surface area contributed by atoms with Crippen LogP contribution >= 0.6 is 0 Å². The Morgan fingerprint density at radius 2 is 1.71 bits per heavy atom. The lowest BCUT2D eigenvalue weighted by molar-refractivity contribution is 0.145. The van der Waals surface area contributed by atoms with Crippen LogP contribution in [0.4, 0.5) is 0 Å². The Hall–Kier alpha value is -0.860. The summed E-state index contributed by atoms with van der Waals surface area (Å²) in [6.07, 6.45) is 3.38. The molecule has 0 spiro atoms. The molecule has 0 atom stereocenters. The fourth-order valence-electron chi connectivity index (χ4n) is 2.33. The van der Waals surface area contributed by atoms with Crippen LogP contribution in [0.15, 0.2) is 30.3 Å². The van der Waals surface area contributed by atoms with E-state index in [9.17, 15) is 0 Å². The molecule has 0 aromatic heterocycles. The Kier molecular flexibility index (Phi) is 6.90. The lowest BCUT2D eigenvalue weighted by Crippen LogP contribution is -2.38. The van der Waals surface area contributed by atoms with Crippen LogP contribution in [-0.4, -0.2) is 35.7 Å². The van der Waals surface area contributed by atoms with E-state index in [1.165, 1.54) is 5.56 Å². The molecule has 0 saturated carbocycles. The number of benzene rings is 1. The highest BCUT2D eigenvalue weighted by molar-refractivity contribution is 5.14. The molecular formula is C15H25NO. The minimum absolute atomic E-state index is 0.255. The van der Waals surface area contributed by atoms with Crippen LogP contribution < -0.4 is 0 Å². The van der Waals surface area contributed by atoms with Crippen molar-refractivity contribution in [2.45, 2.75) is 39.2 Å². The fourth-order valence-corrected chi connectivity index (χ4v) is 2.33. The maximum Gasteiger partial charge on any atom is 0.0558 e. The Morgan fingerprint density at radius 1 is 1.06 bits per heavy atom. The van der Waals surface area contributed by atoms with Crippen LogP contribution in [-0.2, 0) is 6.42 Å². The van der Waals surface area contributed by atoms with Gasteiger partial charge in [-0.25, -0.2) is 0 Å². The van der Waals surface area contributed by atoms with Gasteiger partial charge >= 0.3 is 0 Å². The van der Waals surface area contributed by atoms with Crippen LogP contribution in [0.1, 0.15) is 32.3 Å². The second-order valence-electron chi connectivity index (χ2n) is 4.47. The minimum Gasteiger partial charge on any atom is -0.395 e. The largest absolute Gasteiger partial charge is 0.395 e. The lowest BCUT2D eigenvalue weighted by Gasteiger charge is -2.29. The van der Waals surface area contributed by atoms with Crippen molar-refractivity contribution in [2.75, 3.05) is 19.7 Å². The standard InChI is InChI=1S/C15H25NO/c1-3-15(4-2)16(12-13-17)11-10-14-8-6-5-7-9-14/h5-9,15,17H,3-4,10-13H2,1-2H3. The maximum absolute atomic E-state index is 9.13. The van der Waals surface area contributed by atoms with Gasteiger partial charge in [0.2, 0.25) is 0 Å². The molecule has 1 rings (SSSR count). The van der Waals surface area contributed by atoms with E-state index in [1.54, 1.807) is 0 Å². The summed E-state index contributed by atoms with van der Waals surface area (Å²) < 4.78 is 0. The first kappa shape index (κ1) is 14.2. The molecule has 0 heterocycles. The van der Waals surface area contributed by atoms with Crippen molar-refractivity contribution in [1.29, 1.82) is 0 Å². The molecule has 0 aliphatic heterocycles. The molecular weight excluding hydrogens is 210 g/mol. The first-order chi connectivity index (χ1) is 8.31. The Morgan fingerprint density at radius 3 is 2.24 bits per heavy atom. The number of aliphatic hydroxyl groups is 1. The van der Waals surface area contributed by atoms with E-state index < -0.39 is 0 Å². The maximum atomic E-state index is 9.13. The number of rotatable bonds is 8. The van der Waals surface area contributed by atoms with Gasteiger partial charge in [-0.05, 0) is 24.8 Å². The van der Waals surface area contributed by atoms with E-state index >= 15 is 0 Å². The van der Waals surface area contributed by atoms with E-state index in [2.05, 4.69) is 49.1 Å². The highest BCUT2D eigenvalue weighted by Crippen LogP contribution is 2.10. The van der Waals surface area contributed by atoms with Gasteiger partial charge in [0, 0.05) is 19.1 Å². The molecule has 0 saturated heterocycles. The van der Waals surface area contributed by atoms with E-state index in [0.29, 0.717) is 6.04 Å². The third-order valence-corrected chi connectivity index (χ3v) is 3.38. The van der Waals surface area contributed by atoms with E-state index in [-0.39, 0.29) is 6.61 Å². The van der Waals surface area contributed by atoms with Crippen LogP contribution in [0.3, 0.4) is 0 Å². The summed E-state index contributed by atoms with van der Waals surface area (Å²) in [5.41, 5.74) is 1.38. The molecule has 0 bridgehead atoms. The van der Waals surface area contributed by atoms with Crippen LogP contribution in [0.25, 0.3) is 0 Å². The average Bonchev–Trinajstić information content (AvgIpc) is 2.38. The monoisotopic (exact) mass is 235 g/mol.